The maximum Gasteiger partial charge on any atom is 0.407 e. The van der Waals surface area contributed by atoms with Gasteiger partial charge in [-0.05, 0) is 29.7 Å². The third-order valence-corrected chi connectivity index (χ3v) is 4.76. The van der Waals surface area contributed by atoms with Crippen molar-refractivity contribution in [3.05, 3.63) is 81.6 Å². The minimum absolute atomic E-state index is 0.0329. The molecule has 5 N–H and O–H groups in total. The van der Waals surface area contributed by atoms with E-state index in [-0.39, 0.29) is 30.5 Å². The standard InChI is InChI=1S/C22H22N2O7/c25-18(8-9-23-22(30)31-12-13-4-2-1-3-5-13)19(26)14-6-7-17-15(10-14)20(27)16(11-24-17)21(28)29/h1-7,10-11,18-19,25-26H,8-9,12H2,(H,23,30)(H,24,27)(H,28,29). The number of aromatic amines is 1. The van der Waals surface area contributed by atoms with Crippen molar-refractivity contribution < 1.29 is 29.6 Å². The number of hydrogen-bond acceptors (Lipinski definition) is 6. The van der Waals surface area contributed by atoms with Gasteiger partial charge in [-0.3, -0.25) is 4.79 Å². The molecule has 0 bridgehead atoms. The summed E-state index contributed by atoms with van der Waals surface area (Å²) in [6.07, 6.45) is -2.07. The zero-order valence-corrected chi connectivity index (χ0v) is 16.4. The van der Waals surface area contributed by atoms with Crippen LogP contribution in [-0.4, -0.2) is 45.0 Å². The molecular weight excluding hydrogens is 404 g/mol. The molecular formula is C22H22N2O7. The third kappa shape index (κ3) is 5.47. The van der Waals surface area contributed by atoms with Crippen LogP contribution < -0.4 is 10.7 Å². The van der Waals surface area contributed by atoms with Crippen LogP contribution in [-0.2, 0) is 11.3 Å². The number of benzene rings is 2. The molecule has 162 valence electrons. The fraction of sp³-hybridized carbons (Fsp3) is 0.227. The number of H-pyrrole nitrogens is 1. The van der Waals surface area contributed by atoms with Crippen molar-refractivity contribution >= 4 is 23.0 Å². The highest BCUT2D eigenvalue weighted by molar-refractivity contribution is 5.92. The molecule has 0 radical (unpaired) electrons. The summed E-state index contributed by atoms with van der Waals surface area (Å²) in [5, 5.41) is 32.3. The summed E-state index contributed by atoms with van der Waals surface area (Å²) >= 11 is 0. The van der Waals surface area contributed by atoms with Crippen molar-refractivity contribution in [3.8, 4) is 0 Å². The van der Waals surface area contributed by atoms with Gasteiger partial charge in [0.2, 0.25) is 5.43 Å². The lowest BCUT2D eigenvalue weighted by Gasteiger charge is -2.19. The molecule has 2 atom stereocenters. The monoisotopic (exact) mass is 426 g/mol. The largest absolute Gasteiger partial charge is 0.477 e. The first kappa shape index (κ1) is 22.0. The van der Waals surface area contributed by atoms with Gasteiger partial charge in [-0.15, -0.1) is 0 Å². The second-order valence-electron chi connectivity index (χ2n) is 6.93. The fourth-order valence-corrected chi connectivity index (χ4v) is 3.06. The number of pyridine rings is 1. The summed E-state index contributed by atoms with van der Waals surface area (Å²) in [4.78, 5) is 37.9. The van der Waals surface area contributed by atoms with Crippen LogP contribution in [0.1, 0.15) is 34.0 Å². The van der Waals surface area contributed by atoms with Crippen molar-refractivity contribution in [1.82, 2.24) is 10.3 Å². The van der Waals surface area contributed by atoms with Crippen LogP contribution in [0.15, 0.2) is 59.5 Å². The minimum atomic E-state index is -1.36. The number of hydrogen-bond donors (Lipinski definition) is 5. The van der Waals surface area contributed by atoms with Gasteiger partial charge in [-0.25, -0.2) is 9.59 Å². The molecule has 0 saturated carbocycles. The highest BCUT2D eigenvalue weighted by Crippen LogP contribution is 2.22. The Bertz CT molecular complexity index is 1130. The van der Waals surface area contributed by atoms with E-state index in [0.29, 0.717) is 5.52 Å². The molecule has 1 heterocycles. The molecule has 0 spiro atoms. The maximum absolute atomic E-state index is 12.3. The number of aromatic carboxylic acids is 1. The highest BCUT2D eigenvalue weighted by Gasteiger charge is 2.20. The topological polar surface area (TPSA) is 149 Å². The molecule has 0 aliphatic carbocycles. The van der Waals surface area contributed by atoms with Crippen molar-refractivity contribution in [2.75, 3.05) is 6.54 Å². The molecule has 1 aromatic heterocycles. The Morgan fingerprint density at radius 2 is 1.84 bits per heavy atom. The predicted octanol–water partition coefficient (Wildman–Crippen LogP) is 1.94. The molecule has 9 nitrogen and oxygen atoms in total. The SMILES string of the molecule is O=C(NCCC(O)C(O)c1ccc2[nH]cc(C(=O)O)c(=O)c2c1)OCc1ccccc1. The Morgan fingerprint density at radius 1 is 1.10 bits per heavy atom. The molecule has 0 aliphatic rings. The number of aromatic nitrogens is 1. The lowest BCUT2D eigenvalue weighted by atomic mass is 9.99. The smallest absolute Gasteiger partial charge is 0.407 e. The molecule has 1 amide bonds. The first-order chi connectivity index (χ1) is 14.9. The Hall–Kier alpha value is -3.69. The van der Waals surface area contributed by atoms with E-state index in [1.807, 2.05) is 30.3 Å². The van der Waals surface area contributed by atoms with Crippen LogP contribution >= 0.6 is 0 Å². The molecule has 0 fully saturated rings. The van der Waals surface area contributed by atoms with Gasteiger partial charge < -0.3 is 30.4 Å². The van der Waals surface area contributed by atoms with E-state index in [1.165, 1.54) is 18.2 Å². The number of alkyl carbamates (subject to hydrolysis) is 1. The number of amides is 1. The highest BCUT2D eigenvalue weighted by atomic mass is 16.5. The number of ether oxygens (including phenoxy) is 1. The molecule has 31 heavy (non-hydrogen) atoms. The number of fused-ring (bicyclic) bond motifs is 1. The van der Waals surface area contributed by atoms with E-state index in [0.717, 1.165) is 11.8 Å². The van der Waals surface area contributed by atoms with E-state index in [1.54, 1.807) is 0 Å². The van der Waals surface area contributed by atoms with Crippen LogP contribution in [0.25, 0.3) is 10.9 Å². The average molecular weight is 426 g/mol. The quantitative estimate of drug-likeness (QED) is 0.369. The van der Waals surface area contributed by atoms with Gasteiger partial charge in [0, 0.05) is 23.6 Å². The van der Waals surface area contributed by atoms with E-state index in [4.69, 9.17) is 9.84 Å². The van der Waals surface area contributed by atoms with Crippen molar-refractivity contribution in [2.24, 2.45) is 0 Å². The number of carboxylic acid groups (broad SMARTS) is 1. The minimum Gasteiger partial charge on any atom is -0.477 e. The molecule has 2 unspecified atom stereocenters. The van der Waals surface area contributed by atoms with Crippen LogP contribution in [0.2, 0.25) is 0 Å². The number of aliphatic hydroxyl groups is 2. The van der Waals surface area contributed by atoms with Gasteiger partial charge in [-0.1, -0.05) is 36.4 Å². The van der Waals surface area contributed by atoms with E-state index < -0.39 is 35.3 Å². The van der Waals surface area contributed by atoms with E-state index in [2.05, 4.69) is 10.3 Å². The first-order valence-electron chi connectivity index (χ1n) is 9.56. The molecule has 3 rings (SSSR count). The lowest BCUT2D eigenvalue weighted by Crippen LogP contribution is -2.29. The van der Waals surface area contributed by atoms with Crippen LogP contribution in [0.4, 0.5) is 4.79 Å². The zero-order valence-electron chi connectivity index (χ0n) is 16.4. The summed E-state index contributed by atoms with van der Waals surface area (Å²) in [7, 11) is 0. The number of rotatable bonds is 8. The summed E-state index contributed by atoms with van der Waals surface area (Å²) in [6, 6.07) is 13.5. The van der Waals surface area contributed by atoms with Gasteiger partial charge in [0.1, 0.15) is 18.3 Å². The van der Waals surface area contributed by atoms with Gasteiger partial charge in [0.25, 0.3) is 0 Å². The summed E-state index contributed by atoms with van der Waals surface area (Å²) < 4.78 is 5.07. The van der Waals surface area contributed by atoms with E-state index >= 15 is 0 Å². The number of carboxylic acids is 1. The van der Waals surface area contributed by atoms with Gasteiger partial charge in [0.05, 0.1) is 6.10 Å². The van der Waals surface area contributed by atoms with Crippen molar-refractivity contribution in [3.63, 3.8) is 0 Å². The first-order valence-corrected chi connectivity index (χ1v) is 9.56. The normalized spacial score (nSPS) is 12.8. The summed E-state index contributed by atoms with van der Waals surface area (Å²) in [5.41, 5.74) is 0.388. The summed E-state index contributed by atoms with van der Waals surface area (Å²) in [5.74, 6) is -1.36. The Kier molecular flexibility index (Phi) is 7.01. The number of carbonyl (C=O) groups is 2. The molecule has 9 heteroatoms. The Morgan fingerprint density at radius 3 is 2.55 bits per heavy atom. The number of aliphatic hydroxyl groups excluding tert-OH is 2. The second kappa shape index (κ2) is 9.88. The van der Waals surface area contributed by atoms with Crippen LogP contribution in [0.5, 0.6) is 0 Å². The molecule has 0 saturated heterocycles. The van der Waals surface area contributed by atoms with Gasteiger partial charge in [0.15, 0.2) is 0 Å². The second-order valence-corrected chi connectivity index (χ2v) is 6.93. The fourth-order valence-electron chi connectivity index (χ4n) is 3.06. The number of carbonyl (C=O) groups excluding carboxylic acids is 1. The molecule has 3 aromatic rings. The van der Waals surface area contributed by atoms with Crippen molar-refractivity contribution in [1.29, 1.82) is 0 Å². The average Bonchev–Trinajstić information content (AvgIpc) is 2.77. The Balaban J connectivity index is 1.57. The van der Waals surface area contributed by atoms with E-state index in [9.17, 15) is 24.6 Å². The zero-order chi connectivity index (χ0) is 22.4. The molecule has 0 aliphatic heterocycles. The van der Waals surface area contributed by atoms with Gasteiger partial charge in [-0.2, -0.15) is 0 Å². The number of nitrogens with one attached hydrogen (secondary N) is 2. The van der Waals surface area contributed by atoms with Gasteiger partial charge >= 0.3 is 12.1 Å². The van der Waals surface area contributed by atoms with Crippen LogP contribution in [0.3, 0.4) is 0 Å². The Labute approximate surface area is 176 Å². The predicted molar refractivity (Wildman–Crippen MR) is 112 cm³/mol. The van der Waals surface area contributed by atoms with Crippen LogP contribution in [0, 0.1) is 0 Å². The lowest BCUT2D eigenvalue weighted by molar-refractivity contribution is 0.0137. The molecule has 2 aromatic carbocycles. The summed E-state index contributed by atoms with van der Waals surface area (Å²) in [6.45, 7) is 0.172. The third-order valence-electron chi connectivity index (χ3n) is 4.76. The maximum atomic E-state index is 12.3. The van der Waals surface area contributed by atoms with Crippen molar-refractivity contribution in [2.45, 2.75) is 25.2 Å².